The van der Waals surface area contributed by atoms with Gasteiger partial charge in [0.2, 0.25) is 21.8 Å². The van der Waals surface area contributed by atoms with Crippen molar-refractivity contribution in [1.29, 1.82) is 0 Å². The molecule has 2 unspecified atom stereocenters. The van der Waals surface area contributed by atoms with Gasteiger partial charge in [0.05, 0.1) is 12.0 Å². The Morgan fingerprint density at radius 1 is 1.15 bits per heavy atom. The Labute approximate surface area is 192 Å². The molecule has 1 saturated heterocycles. The van der Waals surface area contributed by atoms with Crippen LogP contribution < -0.4 is 5.32 Å². The molecular formula is C22H26N4O6S. The van der Waals surface area contributed by atoms with E-state index in [2.05, 4.69) is 10.3 Å². The summed E-state index contributed by atoms with van der Waals surface area (Å²) in [7, 11) is -2.65. The fourth-order valence-electron chi connectivity index (χ4n) is 3.68. The van der Waals surface area contributed by atoms with E-state index >= 15 is 0 Å². The van der Waals surface area contributed by atoms with E-state index in [1.54, 1.807) is 42.7 Å². The minimum absolute atomic E-state index is 0.0466. The molecule has 2 atom stereocenters. The van der Waals surface area contributed by atoms with E-state index in [9.17, 15) is 22.8 Å². The average Bonchev–Trinajstić information content (AvgIpc) is 2.83. The highest BCUT2D eigenvalue weighted by molar-refractivity contribution is 7.89. The van der Waals surface area contributed by atoms with Gasteiger partial charge in [-0.3, -0.25) is 14.6 Å². The number of benzene rings is 1. The van der Waals surface area contributed by atoms with Crippen LogP contribution in [-0.2, 0) is 35.6 Å². The summed E-state index contributed by atoms with van der Waals surface area (Å²) in [6, 6.07) is 9.22. The number of nitrogens with zero attached hydrogens (tertiary/aromatic N) is 3. The van der Waals surface area contributed by atoms with Crippen molar-refractivity contribution in [3.05, 3.63) is 60.4 Å². The molecule has 0 radical (unpaired) electrons. The number of sulfonamides is 1. The number of ether oxygens (including phenoxy) is 1. The van der Waals surface area contributed by atoms with Crippen molar-refractivity contribution < 1.29 is 27.5 Å². The van der Waals surface area contributed by atoms with Gasteiger partial charge in [-0.2, -0.15) is 4.31 Å². The summed E-state index contributed by atoms with van der Waals surface area (Å²) in [6.45, 7) is 1.18. The number of pyridine rings is 1. The van der Waals surface area contributed by atoms with Gasteiger partial charge in [0.15, 0.2) is 0 Å². The maximum Gasteiger partial charge on any atom is 0.328 e. The third kappa shape index (κ3) is 5.74. The Morgan fingerprint density at radius 3 is 2.48 bits per heavy atom. The summed E-state index contributed by atoms with van der Waals surface area (Å²) in [4.78, 5) is 43.1. The molecule has 0 aliphatic carbocycles. The molecule has 2 aromatic rings. The van der Waals surface area contributed by atoms with E-state index < -0.39 is 34.0 Å². The van der Waals surface area contributed by atoms with Crippen molar-refractivity contribution in [3.8, 4) is 0 Å². The number of rotatable bonds is 7. The van der Waals surface area contributed by atoms with Gasteiger partial charge in [-0.1, -0.05) is 24.3 Å². The summed E-state index contributed by atoms with van der Waals surface area (Å²) in [5.41, 5.74) is 0.702. The minimum atomic E-state index is -3.86. The van der Waals surface area contributed by atoms with Crippen molar-refractivity contribution in [3.63, 3.8) is 0 Å². The quantitative estimate of drug-likeness (QED) is 0.568. The van der Waals surface area contributed by atoms with E-state index in [0.717, 1.165) is 0 Å². The molecule has 1 fully saturated rings. The number of esters is 1. The zero-order valence-corrected chi connectivity index (χ0v) is 19.2. The number of piperazine rings is 1. The molecule has 0 spiro atoms. The number of aromatic nitrogens is 1. The summed E-state index contributed by atoms with van der Waals surface area (Å²) in [5.74, 6) is -1.67. The lowest BCUT2D eigenvalue weighted by Gasteiger charge is -2.39. The molecule has 2 heterocycles. The summed E-state index contributed by atoms with van der Waals surface area (Å²) < 4.78 is 32.1. The fraction of sp³-hybridized carbons (Fsp3) is 0.364. The standard InChI is InChI=1S/C22H26N4O6S/c1-16(27)26-12-11-25(33(30,31)18-8-4-3-5-9-18)15-20(26)21(28)24-19(22(29)32-2)13-17-7-6-10-23-14-17/h3-10,14,19-20H,11-13,15H2,1-2H3,(H,24,28). The molecule has 1 N–H and O–H groups in total. The van der Waals surface area contributed by atoms with Crippen LogP contribution in [0.3, 0.4) is 0 Å². The molecule has 1 aliphatic heterocycles. The highest BCUT2D eigenvalue weighted by Gasteiger charge is 2.40. The number of amides is 2. The average molecular weight is 475 g/mol. The third-order valence-corrected chi connectivity index (χ3v) is 7.28. The molecule has 1 aromatic carbocycles. The van der Waals surface area contributed by atoms with Gasteiger partial charge in [-0.05, 0) is 23.8 Å². The number of carbonyl (C=O) groups is 3. The molecule has 10 nitrogen and oxygen atoms in total. The van der Waals surface area contributed by atoms with Crippen LogP contribution in [0.5, 0.6) is 0 Å². The van der Waals surface area contributed by atoms with E-state index in [0.29, 0.717) is 5.56 Å². The Morgan fingerprint density at radius 2 is 1.88 bits per heavy atom. The lowest BCUT2D eigenvalue weighted by atomic mass is 10.1. The summed E-state index contributed by atoms with van der Waals surface area (Å²) >= 11 is 0. The van der Waals surface area contributed by atoms with Crippen LogP contribution in [0, 0.1) is 0 Å². The number of carbonyl (C=O) groups excluding carboxylic acids is 3. The molecule has 1 aliphatic rings. The van der Waals surface area contributed by atoms with Crippen LogP contribution in [0.2, 0.25) is 0 Å². The van der Waals surface area contributed by atoms with E-state index in [-0.39, 0.29) is 36.9 Å². The van der Waals surface area contributed by atoms with Crippen LogP contribution in [-0.4, -0.2) is 79.2 Å². The van der Waals surface area contributed by atoms with Gasteiger partial charge in [-0.25, -0.2) is 13.2 Å². The Balaban J connectivity index is 1.82. The second kappa shape index (κ2) is 10.5. The second-order valence-corrected chi connectivity index (χ2v) is 9.49. The molecule has 33 heavy (non-hydrogen) atoms. The van der Waals surface area contributed by atoms with Gasteiger partial charge in [0.25, 0.3) is 0 Å². The largest absolute Gasteiger partial charge is 0.467 e. The molecule has 3 rings (SSSR count). The van der Waals surface area contributed by atoms with Crippen LogP contribution >= 0.6 is 0 Å². The third-order valence-electron chi connectivity index (χ3n) is 5.40. The maximum absolute atomic E-state index is 13.2. The van der Waals surface area contributed by atoms with E-state index in [1.165, 1.54) is 35.4 Å². The molecule has 0 bridgehead atoms. The molecule has 1 aromatic heterocycles. The predicted molar refractivity (Wildman–Crippen MR) is 118 cm³/mol. The highest BCUT2D eigenvalue weighted by atomic mass is 32.2. The molecular weight excluding hydrogens is 448 g/mol. The minimum Gasteiger partial charge on any atom is -0.467 e. The van der Waals surface area contributed by atoms with E-state index in [4.69, 9.17) is 4.74 Å². The smallest absolute Gasteiger partial charge is 0.328 e. The Kier molecular flexibility index (Phi) is 7.77. The second-order valence-electron chi connectivity index (χ2n) is 7.55. The fourth-order valence-corrected chi connectivity index (χ4v) is 5.14. The zero-order valence-electron chi connectivity index (χ0n) is 18.4. The van der Waals surface area contributed by atoms with E-state index in [1.807, 2.05) is 0 Å². The number of methoxy groups -OCH3 is 1. The van der Waals surface area contributed by atoms with Crippen LogP contribution in [0.1, 0.15) is 12.5 Å². The van der Waals surface area contributed by atoms with Gasteiger partial charge < -0.3 is 15.0 Å². The monoisotopic (exact) mass is 474 g/mol. The first kappa shape index (κ1) is 24.3. The molecule has 176 valence electrons. The van der Waals surface area contributed by atoms with Crippen LogP contribution in [0.4, 0.5) is 0 Å². The number of nitrogens with one attached hydrogen (secondary N) is 1. The summed E-state index contributed by atoms with van der Waals surface area (Å²) in [6.07, 6.45) is 3.29. The molecule has 0 saturated carbocycles. The SMILES string of the molecule is COC(=O)C(Cc1cccnc1)NC(=O)C1CN(S(=O)(=O)c2ccccc2)CCN1C(C)=O. The van der Waals surface area contributed by atoms with Gasteiger partial charge in [-0.15, -0.1) is 0 Å². The number of hydrogen-bond donors (Lipinski definition) is 1. The lowest BCUT2D eigenvalue weighted by molar-refractivity contribution is -0.147. The van der Waals surface area contributed by atoms with Crippen LogP contribution in [0.25, 0.3) is 0 Å². The van der Waals surface area contributed by atoms with Crippen molar-refractivity contribution in [2.45, 2.75) is 30.3 Å². The van der Waals surface area contributed by atoms with Crippen LogP contribution in [0.15, 0.2) is 59.8 Å². The number of hydrogen-bond acceptors (Lipinski definition) is 7. The first-order valence-corrected chi connectivity index (χ1v) is 11.8. The maximum atomic E-state index is 13.2. The molecule has 11 heteroatoms. The van der Waals surface area contributed by atoms with Gasteiger partial charge >= 0.3 is 5.97 Å². The zero-order chi connectivity index (χ0) is 24.0. The Hall–Kier alpha value is -3.31. The first-order chi connectivity index (χ1) is 15.7. The van der Waals surface area contributed by atoms with Crippen molar-refractivity contribution in [2.75, 3.05) is 26.7 Å². The predicted octanol–water partition coefficient (Wildman–Crippen LogP) is 0.204. The van der Waals surface area contributed by atoms with Gasteiger partial charge in [0.1, 0.15) is 12.1 Å². The summed E-state index contributed by atoms with van der Waals surface area (Å²) in [5, 5.41) is 2.63. The van der Waals surface area contributed by atoms with Crippen molar-refractivity contribution in [2.24, 2.45) is 0 Å². The van der Waals surface area contributed by atoms with Crippen molar-refractivity contribution in [1.82, 2.24) is 19.5 Å². The topological polar surface area (TPSA) is 126 Å². The van der Waals surface area contributed by atoms with Gasteiger partial charge in [0, 0.05) is 45.4 Å². The molecule has 2 amide bonds. The normalized spacial score (nSPS) is 17.8. The van der Waals surface area contributed by atoms with Crippen molar-refractivity contribution >= 4 is 27.8 Å². The Bertz CT molecular complexity index is 1090. The highest BCUT2D eigenvalue weighted by Crippen LogP contribution is 2.20. The lowest BCUT2D eigenvalue weighted by Crippen LogP contribution is -2.62. The first-order valence-electron chi connectivity index (χ1n) is 10.3.